The van der Waals surface area contributed by atoms with Crippen molar-refractivity contribution < 1.29 is 9.18 Å². The molecule has 0 fully saturated rings. The number of hydrogen-bond acceptors (Lipinski definition) is 3. The van der Waals surface area contributed by atoms with Crippen molar-refractivity contribution in [3.8, 4) is 0 Å². The molecule has 2 rings (SSSR count). The first-order valence-electron chi connectivity index (χ1n) is 6.06. The molecule has 0 aliphatic carbocycles. The van der Waals surface area contributed by atoms with Crippen molar-refractivity contribution >= 4 is 27.8 Å². The number of benzene rings is 1. The highest BCUT2D eigenvalue weighted by Gasteiger charge is 2.16. The third-order valence-electron chi connectivity index (χ3n) is 2.69. The quantitative estimate of drug-likeness (QED) is 0.933. The molecule has 0 radical (unpaired) electrons. The fraction of sp³-hybridized carbons (Fsp3) is 0.308. The van der Waals surface area contributed by atoms with Gasteiger partial charge in [0.25, 0.3) is 5.91 Å². The Labute approximate surface area is 124 Å². The van der Waals surface area contributed by atoms with Gasteiger partial charge in [-0.15, -0.1) is 0 Å². The van der Waals surface area contributed by atoms with E-state index in [9.17, 15) is 9.18 Å². The van der Waals surface area contributed by atoms with Gasteiger partial charge in [-0.05, 0) is 18.2 Å². The average molecular weight is 341 g/mol. The van der Waals surface area contributed by atoms with E-state index in [-0.39, 0.29) is 17.4 Å². The minimum absolute atomic E-state index is 0.0477. The van der Waals surface area contributed by atoms with Crippen LogP contribution in [0.1, 0.15) is 35.9 Å². The number of nitrogens with one attached hydrogen (secondary N) is 1. The van der Waals surface area contributed by atoms with Crippen LogP contribution in [0.4, 0.5) is 10.3 Å². The molecular formula is C13H14BrFN4O. The molecule has 0 saturated carbocycles. The van der Waals surface area contributed by atoms with Gasteiger partial charge in [-0.3, -0.25) is 10.1 Å². The number of anilines is 1. The summed E-state index contributed by atoms with van der Waals surface area (Å²) in [6.07, 6.45) is 0. The lowest BCUT2D eigenvalue weighted by Crippen LogP contribution is -2.16. The number of carbonyl (C=O) groups is 1. The topological polar surface area (TPSA) is 59.8 Å². The number of halogens is 2. The van der Waals surface area contributed by atoms with Crippen LogP contribution in [0, 0.1) is 5.82 Å². The number of aryl methyl sites for hydroxylation is 1. The Hall–Kier alpha value is -1.76. The molecule has 1 aromatic heterocycles. The molecule has 0 saturated heterocycles. The van der Waals surface area contributed by atoms with Crippen molar-refractivity contribution in [3.63, 3.8) is 0 Å². The van der Waals surface area contributed by atoms with Gasteiger partial charge in [-0.25, -0.2) is 9.07 Å². The highest BCUT2D eigenvalue weighted by atomic mass is 79.9. The molecule has 1 N–H and O–H groups in total. The van der Waals surface area contributed by atoms with Crippen LogP contribution in [-0.2, 0) is 7.05 Å². The number of hydrogen-bond donors (Lipinski definition) is 1. The Morgan fingerprint density at radius 2 is 2.15 bits per heavy atom. The number of nitrogens with zero attached hydrogens (tertiary/aromatic N) is 3. The first kappa shape index (κ1) is 14.6. The standard InChI is InChI=1S/C13H14BrFN4O/c1-7(2)11-16-13(19(3)18-11)17-12(20)9-6-8(14)4-5-10(9)15/h4-7H,1-3H3,(H,16,17,18,20). The summed E-state index contributed by atoms with van der Waals surface area (Å²) in [5, 5.41) is 6.74. The minimum atomic E-state index is -0.586. The predicted molar refractivity (Wildman–Crippen MR) is 77.1 cm³/mol. The van der Waals surface area contributed by atoms with E-state index in [0.29, 0.717) is 10.3 Å². The van der Waals surface area contributed by atoms with Crippen LogP contribution < -0.4 is 5.32 Å². The van der Waals surface area contributed by atoms with E-state index in [2.05, 4.69) is 31.3 Å². The van der Waals surface area contributed by atoms with Crippen LogP contribution in [0.25, 0.3) is 0 Å². The third-order valence-corrected chi connectivity index (χ3v) is 3.19. The lowest BCUT2D eigenvalue weighted by atomic mass is 10.2. The number of rotatable bonds is 3. The predicted octanol–water partition coefficient (Wildman–Crippen LogP) is 3.09. The number of carbonyl (C=O) groups excluding carboxylic acids is 1. The summed E-state index contributed by atoms with van der Waals surface area (Å²) in [6.45, 7) is 3.91. The van der Waals surface area contributed by atoms with Crippen molar-refractivity contribution in [1.82, 2.24) is 14.8 Å². The van der Waals surface area contributed by atoms with Gasteiger partial charge >= 0.3 is 0 Å². The zero-order chi connectivity index (χ0) is 14.9. The summed E-state index contributed by atoms with van der Waals surface area (Å²) in [6, 6.07) is 4.19. The van der Waals surface area contributed by atoms with Gasteiger partial charge in [0, 0.05) is 17.4 Å². The average Bonchev–Trinajstić information content (AvgIpc) is 2.74. The highest BCUT2D eigenvalue weighted by molar-refractivity contribution is 9.10. The van der Waals surface area contributed by atoms with Gasteiger partial charge in [0.05, 0.1) is 5.56 Å². The van der Waals surface area contributed by atoms with Gasteiger partial charge in [0.1, 0.15) is 5.82 Å². The fourth-order valence-electron chi connectivity index (χ4n) is 1.60. The molecule has 0 unspecified atom stereocenters. The summed E-state index contributed by atoms with van der Waals surface area (Å²) < 4.78 is 15.7. The summed E-state index contributed by atoms with van der Waals surface area (Å²) in [5.74, 6) is -0.0865. The first-order chi connectivity index (χ1) is 9.38. The zero-order valence-corrected chi connectivity index (χ0v) is 12.9. The van der Waals surface area contributed by atoms with Crippen molar-refractivity contribution in [1.29, 1.82) is 0 Å². The summed E-state index contributed by atoms with van der Waals surface area (Å²) >= 11 is 3.21. The Morgan fingerprint density at radius 1 is 1.45 bits per heavy atom. The molecule has 2 aromatic rings. The summed E-state index contributed by atoms with van der Waals surface area (Å²) in [4.78, 5) is 16.3. The van der Waals surface area contributed by atoms with Gasteiger partial charge in [0.2, 0.25) is 5.95 Å². The Bertz CT molecular complexity index is 654. The Balaban J connectivity index is 2.25. The van der Waals surface area contributed by atoms with Crippen LogP contribution >= 0.6 is 15.9 Å². The largest absolute Gasteiger partial charge is 0.291 e. The van der Waals surface area contributed by atoms with E-state index in [0.717, 1.165) is 0 Å². The van der Waals surface area contributed by atoms with Crippen LogP contribution in [-0.4, -0.2) is 20.7 Å². The first-order valence-corrected chi connectivity index (χ1v) is 6.85. The zero-order valence-electron chi connectivity index (χ0n) is 11.3. The van der Waals surface area contributed by atoms with E-state index in [4.69, 9.17) is 0 Å². The molecular weight excluding hydrogens is 327 g/mol. The number of amides is 1. The maximum atomic E-state index is 13.6. The summed E-state index contributed by atoms with van der Waals surface area (Å²) in [7, 11) is 1.67. The van der Waals surface area contributed by atoms with Gasteiger partial charge in [0.15, 0.2) is 5.82 Å². The van der Waals surface area contributed by atoms with Crippen molar-refractivity contribution in [2.24, 2.45) is 7.05 Å². The lowest BCUT2D eigenvalue weighted by molar-refractivity contribution is 0.102. The maximum Gasteiger partial charge on any atom is 0.261 e. The molecule has 0 aliphatic heterocycles. The normalized spacial score (nSPS) is 10.9. The summed E-state index contributed by atoms with van der Waals surface area (Å²) in [5.41, 5.74) is -0.0477. The fourth-order valence-corrected chi connectivity index (χ4v) is 1.96. The number of aromatic nitrogens is 3. The second kappa shape index (κ2) is 5.70. The molecule has 1 aromatic carbocycles. The van der Waals surface area contributed by atoms with Crippen LogP contribution in [0.5, 0.6) is 0 Å². The van der Waals surface area contributed by atoms with Crippen LogP contribution in [0.2, 0.25) is 0 Å². The molecule has 7 heteroatoms. The van der Waals surface area contributed by atoms with Gasteiger partial charge in [-0.1, -0.05) is 29.8 Å². The van der Waals surface area contributed by atoms with Crippen LogP contribution in [0.15, 0.2) is 22.7 Å². The molecule has 1 heterocycles. The highest BCUT2D eigenvalue weighted by Crippen LogP contribution is 2.17. The molecule has 20 heavy (non-hydrogen) atoms. The molecule has 0 spiro atoms. The third kappa shape index (κ3) is 3.04. The Morgan fingerprint density at radius 3 is 2.75 bits per heavy atom. The molecule has 5 nitrogen and oxygen atoms in total. The van der Waals surface area contributed by atoms with E-state index in [1.807, 2.05) is 13.8 Å². The lowest BCUT2D eigenvalue weighted by Gasteiger charge is -2.05. The smallest absolute Gasteiger partial charge is 0.261 e. The van der Waals surface area contributed by atoms with E-state index < -0.39 is 11.7 Å². The minimum Gasteiger partial charge on any atom is -0.291 e. The molecule has 0 bridgehead atoms. The SMILES string of the molecule is CC(C)c1nc(NC(=O)c2cc(Br)ccc2F)n(C)n1. The molecule has 1 amide bonds. The Kier molecular flexibility index (Phi) is 4.17. The second-order valence-corrected chi connectivity index (χ2v) is 5.57. The van der Waals surface area contributed by atoms with E-state index in [1.165, 1.54) is 22.9 Å². The second-order valence-electron chi connectivity index (χ2n) is 4.65. The van der Waals surface area contributed by atoms with E-state index in [1.54, 1.807) is 7.05 Å². The van der Waals surface area contributed by atoms with Crippen molar-refractivity contribution in [2.45, 2.75) is 19.8 Å². The van der Waals surface area contributed by atoms with Crippen molar-refractivity contribution in [3.05, 3.63) is 39.9 Å². The molecule has 0 atom stereocenters. The van der Waals surface area contributed by atoms with Crippen LogP contribution in [0.3, 0.4) is 0 Å². The molecule has 0 aliphatic rings. The van der Waals surface area contributed by atoms with Gasteiger partial charge < -0.3 is 0 Å². The molecule has 106 valence electrons. The van der Waals surface area contributed by atoms with Gasteiger partial charge in [-0.2, -0.15) is 10.1 Å². The van der Waals surface area contributed by atoms with E-state index >= 15 is 0 Å². The van der Waals surface area contributed by atoms with Crippen molar-refractivity contribution in [2.75, 3.05) is 5.32 Å². The monoisotopic (exact) mass is 340 g/mol. The maximum absolute atomic E-state index is 13.6.